The SMILES string of the molecule is c1ccc(-c2cc(-c3cccc(-c4cccc(-c5ccccn5)c4)c3)cc(-c3cccs3)c2)cc1. The van der Waals surface area contributed by atoms with Gasteiger partial charge >= 0.3 is 0 Å². The third kappa shape index (κ3) is 4.57. The summed E-state index contributed by atoms with van der Waals surface area (Å²) in [6.07, 6.45) is 1.84. The molecule has 0 aliphatic heterocycles. The molecule has 0 aliphatic rings. The van der Waals surface area contributed by atoms with Crippen LogP contribution in [0.25, 0.3) is 55.1 Å². The van der Waals surface area contributed by atoms with Gasteiger partial charge in [-0.3, -0.25) is 4.98 Å². The molecule has 1 nitrogen and oxygen atoms in total. The number of pyridine rings is 1. The van der Waals surface area contributed by atoms with E-state index in [1.807, 2.05) is 18.3 Å². The summed E-state index contributed by atoms with van der Waals surface area (Å²) in [4.78, 5) is 5.80. The zero-order valence-electron chi connectivity index (χ0n) is 19.1. The van der Waals surface area contributed by atoms with Crippen LogP contribution in [0.15, 0.2) is 139 Å². The summed E-state index contributed by atoms with van der Waals surface area (Å²) in [5.41, 5.74) is 10.6. The van der Waals surface area contributed by atoms with Crippen LogP contribution >= 0.6 is 11.3 Å². The topological polar surface area (TPSA) is 12.9 Å². The maximum absolute atomic E-state index is 4.52. The molecule has 4 aromatic carbocycles. The lowest BCUT2D eigenvalue weighted by molar-refractivity contribution is 1.33. The molecule has 35 heavy (non-hydrogen) atoms. The molecular formula is C33H23NS. The van der Waals surface area contributed by atoms with Crippen molar-refractivity contribution in [1.82, 2.24) is 4.98 Å². The molecule has 6 rings (SSSR count). The zero-order valence-corrected chi connectivity index (χ0v) is 20.0. The van der Waals surface area contributed by atoms with Gasteiger partial charge in [-0.25, -0.2) is 0 Å². The van der Waals surface area contributed by atoms with Gasteiger partial charge in [0.25, 0.3) is 0 Å². The minimum absolute atomic E-state index is 0.988. The Balaban J connectivity index is 1.44. The summed E-state index contributed by atoms with van der Waals surface area (Å²) in [7, 11) is 0. The van der Waals surface area contributed by atoms with Crippen molar-refractivity contribution in [2.24, 2.45) is 0 Å². The van der Waals surface area contributed by atoms with Crippen LogP contribution in [0.4, 0.5) is 0 Å². The molecule has 0 saturated carbocycles. The van der Waals surface area contributed by atoms with Crippen LogP contribution in [0, 0.1) is 0 Å². The number of hydrogen-bond acceptors (Lipinski definition) is 2. The Labute approximate surface area is 210 Å². The van der Waals surface area contributed by atoms with Gasteiger partial charge in [-0.1, -0.05) is 78.9 Å². The molecule has 0 bridgehead atoms. The lowest BCUT2D eigenvalue weighted by atomic mass is 9.93. The first-order chi connectivity index (χ1) is 17.3. The predicted molar refractivity (Wildman–Crippen MR) is 149 cm³/mol. The van der Waals surface area contributed by atoms with Crippen LogP contribution in [0.5, 0.6) is 0 Å². The fourth-order valence-corrected chi connectivity index (χ4v) is 5.16. The highest BCUT2D eigenvalue weighted by molar-refractivity contribution is 7.13. The van der Waals surface area contributed by atoms with Crippen LogP contribution in [0.2, 0.25) is 0 Å². The maximum atomic E-state index is 4.52. The van der Waals surface area contributed by atoms with E-state index in [1.165, 1.54) is 43.8 Å². The third-order valence-corrected chi connectivity index (χ3v) is 7.12. The smallest absolute Gasteiger partial charge is 0.0702 e. The maximum Gasteiger partial charge on any atom is 0.0702 e. The molecular weight excluding hydrogens is 442 g/mol. The predicted octanol–water partition coefficient (Wildman–Crippen LogP) is 9.48. The number of aromatic nitrogens is 1. The molecule has 0 amide bonds. The van der Waals surface area contributed by atoms with Crippen molar-refractivity contribution in [1.29, 1.82) is 0 Å². The first kappa shape index (κ1) is 21.3. The minimum atomic E-state index is 0.988. The number of rotatable bonds is 5. The molecule has 6 aromatic rings. The van der Waals surface area contributed by atoms with Crippen molar-refractivity contribution < 1.29 is 0 Å². The van der Waals surface area contributed by atoms with Gasteiger partial charge in [0.05, 0.1) is 5.69 Å². The van der Waals surface area contributed by atoms with Gasteiger partial charge in [-0.05, 0) is 92.9 Å². The van der Waals surface area contributed by atoms with Crippen molar-refractivity contribution in [3.8, 4) is 55.1 Å². The van der Waals surface area contributed by atoms with Crippen molar-refractivity contribution >= 4 is 11.3 Å². The highest BCUT2D eigenvalue weighted by Crippen LogP contribution is 2.36. The van der Waals surface area contributed by atoms with Gasteiger partial charge < -0.3 is 0 Å². The first-order valence-electron chi connectivity index (χ1n) is 11.7. The molecule has 0 spiro atoms. The molecule has 166 valence electrons. The van der Waals surface area contributed by atoms with Crippen molar-refractivity contribution in [2.75, 3.05) is 0 Å². The fourth-order valence-electron chi connectivity index (χ4n) is 4.45. The number of benzene rings is 4. The van der Waals surface area contributed by atoms with Crippen LogP contribution in [-0.2, 0) is 0 Å². The van der Waals surface area contributed by atoms with Gasteiger partial charge in [-0.15, -0.1) is 11.3 Å². The third-order valence-electron chi connectivity index (χ3n) is 6.20. The molecule has 2 heteroatoms. The molecule has 0 radical (unpaired) electrons. The van der Waals surface area contributed by atoms with E-state index < -0.39 is 0 Å². The normalized spacial score (nSPS) is 10.9. The van der Waals surface area contributed by atoms with Gasteiger partial charge in [-0.2, -0.15) is 0 Å². The second-order valence-corrected chi connectivity index (χ2v) is 9.47. The van der Waals surface area contributed by atoms with Gasteiger partial charge in [0.15, 0.2) is 0 Å². The number of thiophene rings is 1. The van der Waals surface area contributed by atoms with E-state index in [2.05, 4.69) is 126 Å². The number of hydrogen-bond donors (Lipinski definition) is 0. The van der Waals surface area contributed by atoms with Crippen LogP contribution in [0.1, 0.15) is 0 Å². The van der Waals surface area contributed by atoms with Crippen molar-refractivity contribution in [3.63, 3.8) is 0 Å². The first-order valence-corrected chi connectivity index (χ1v) is 12.6. The highest BCUT2D eigenvalue weighted by atomic mass is 32.1. The Kier molecular flexibility index (Phi) is 5.80. The zero-order chi connectivity index (χ0) is 23.5. The molecule has 0 saturated heterocycles. The van der Waals surface area contributed by atoms with Crippen LogP contribution in [0.3, 0.4) is 0 Å². The quantitative estimate of drug-likeness (QED) is 0.247. The summed E-state index contributed by atoms with van der Waals surface area (Å²) < 4.78 is 0. The Hall–Kier alpha value is -4.27. The van der Waals surface area contributed by atoms with E-state index in [0.29, 0.717) is 0 Å². The average molecular weight is 466 g/mol. The second-order valence-electron chi connectivity index (χ2n) is 8.52. The van der Waals surface area contributed by atoms with E-state index in [-0.39, 0.29) is 0 Å². The second kappa shape index (κ2) is 9.54. The molecule has 0 unspecified atom stereocenters. The molecule has 0 N–H and O–H groups in total. The van der Waals surface area contributed by atoms with E-state index in [9.17, 15) is 0 Å². The van der Waals surface area contributed by atoms with Gasteiger partial charge in [0, 0.05) is 16.6 Å². The summed E-state index contributed by atoms with van der Waals surface area (Å²) in [5.74, 6) is 0. The standard InChI is InChI=1S/C33H23NS/c1-2-9-24(10-3-1)29-21-30(23-31(22-29)33-16-8-18-35-33)27-13-6-11-25(19-27)26-12-7-14-28(20-26)32-15-4-5-17-34-32/h1-23H. The Morgan fingerprint density at radius 3 is 1.66 bits per heavy atom. The highest BCUT2D eigenvalue weighted by Gasteiger charge is 2.09. The van der Waals surface area contributed by atoms with Gasteiger partial charge in [0.2, 0.25) is 0 Å². The Morgan fingerprint density at radius 2 is 0.971 bits per heavy atom. The summed E-state index contributed by atoms with van der Waals surface area (Å²) in [5, 5.41) is 2.14. The minimum Gasteiger partial charge on any atom is -0.256 e. The van der Waals surface area contributed by atoms with Crippen molar-refractivity contribution in [2.45, 2.75) is 0 Å². The molecule has 0 aliphatic carbocycles. The largest absolute Gasteiger partial charge is 0.256 e. The Morgan fingerprint density at radius 1 is 0.400 bits per heavy atom. The lowest BCUT2D eigenvalue weighted by Crippen LogP contribution is -1.87. The fraction of sp³-hybridized carbons (Fsp3) is 0. The number of nitrogens with zero attached hydrogens (tertiary/aromatic N) is 1. The molecule has 0 atom stereocenters. The molecule has 2 heterocycles. The Bertz CT molecular complexity index is 1570. The van der Waals surface area contributed by atoms with E-state index in [1.54, 1.807) is 11.3 Å². The molecule has 2 aromatic heterocycles. The average Bonchev–Trinajstić information content (AvgIpc) is 3.49. The van der Waals surface area contributed by atoms with Gasteiger partial charge in [0.1, 0.15) is 0 Å². The van der Waals surface area contributed by atoms with Crippen LogP contribution < -0.4 is 0 Å². The van der Waals surface area contributed by atoms with Crippen LogP contribution in [-0.4, -0.2) is 4.98 Å². The summed E-state index contributed by atoms with van der Waals surface area (Å²) in [6.45, 7) is 0. The lowest BCUT2D eigenvalue weighted by Gasteiger charge is -2.12. The van der Waals surface area contributed by atoms with E-state index >= 15 is 0 Å². The van der Waals surface area contributed by atoms with E-state index in [4.69, 9.17) is 0 Å². The van der Waals surface area contributed by atoms with Crippen molar-refractivity contribution in [3.05, 3.63) is 139 Å². The summed E-state index contributed by atoms with van der Waals surface area (Å²) >= 11 is 1.78. The van der Waals surface area contributed by atoms with E-state index in [0.717, 1.165) is 11.3 Å². The molecule has 0 fully saturated rings. The monoisotopic (exact) mass is 465 g/mol. The summed E-state index contributed by atoms with van der Waals surface area (Å²) in [6, 6.07) is 45.3.